The Morgan fingerprint density at radius 3 is 2.38 bits per heavy atom. The Kier molecular flexibility index (Phi) is 6.37. The minimum atomic E-state index is -0.496. The Bertz CT molecular complexity index is 712. The van der Waals surface area contributed by atoms with Crippen molar-refractivity contribution in [1.82, 2.24) is 5.32 Å². The molecule has 0 aromatic heterocycles. The number of hydrogen-bond donors (Lipinski definition) is 1. The Labute approximate surface area is 141 Å². The number of nitrogens with one attached hydrogen (secondary N) is 1. The second-order valence-electron chi connectivity index (χ2n) is 5.44. The Balaban J connectivity index is 1.65. The minimum absolute atomic E-state index is 0.132. The van der Waals surface area contributed by atoms with Gasteiger partial charge in [0.05, 0.1) is 0 Å². The number of ether oxygens (including phenoxy) is 2. The van der Waals surface area contributed by atoms with Crippen molar-refractivity contribution >= 4 is 11.9 Å². The van der Waals surface area contributed by atoms with Gasteiger partial charge in [-0.3, -0.25) is 9.59 Å². The van der Waals surface area contributed by atoms with Crippen LogP contribution in [0.5, 0.6) is 5.75 Å². The van der Waals surface area contributed by atoms with E-state index in [1.807, 2.05) is 44.2 Å². The fourth-order valence-electron chi connectivity index (χ4n) is 2.11. The van der Waals surface area contributed by atoms with Crippen LogP contribution in [-0.2, 0) is 9.53 Å². The summed E-state index contributed by atoms with van der Waals surface area (Å²) in [6.45, 7) is 4.11. The summed E-state index contributed by atoms with van der Waals surface area (Å²) >= 11 is 0. The highest BCUT2D eigenvalue weighted by Gasteiger charge is 2.09. The zero-order valence-electron chi connectivity index (χ0n) is 13.9. The molecular formula is C19H21NO4. The Morgan fingerprint density at radius 1 is 0.958 bits per heavy atom. The molecule has 0 saturated heterocycles. The fourth-order valence-corrected chi connectivity index (χ4v) is 2.11. The number of hydrogen-bond acceptors (Lipinski definition) is 4. The third kappa shape index (κ3) is 5.76. The fraction of sp³-hybridized carbons (Fsp3) is 0.263. The molecule has 24 heavy (non-hydrogen) atoms. The van der Waals surface area contributed by atoms with Gasteiger partial charge in [0.15, 0.2) is 0 Å². The van der Waals surface area contributed by atoms with Crippen molar-refractivity contribution in [2.75, 3.05) is 19.8 Å². The van der Waals surface area contributed by atoms with E-state index in [1.165, 1.54) is 0 Å². The highest BCUT2D eigenvalue weighted by atomic mass is 16.6. The van der Waals surface area contributed by atoms with Crippen LogP contribution in [0, 0.1) is 13.8 Å². The molecule has 0 spiro atoms. The molecule has 0 aliphatic rings. The first-order chi connectivity index (χ1) is 11.5. The molecule has 0 aliphatic heterocycles. The maximum absolute atomic E-state index is 11.9. The largest absolute Gasteiger partial charge is 0.490 e. The lowest BCUT2D eigenvalue weighted by Crippen LogP contribution is -2.31. The quantitative estimate of drug-likeness (QED) is 0.627. The van der Waals surface area contributed by atoms with Crippen LogP contribution in [-0.4, -0.2) is 31.6 Å². The van der Waals surface area contributed by atoms with Crippen molar-refractivity contribution in [3.63, 3.8) is 0 Å². The van der Waals surface area contributed by atoms with Crippen molar-refractivity contribution in [3.8, 4) is 5.75 Å². The topological polar surface area (TPSA) is 64.6 Å². The van der Waals surface area contributed by atoms with Crippen LogP contribution in [0.25, 0.3) is 0 Å². The molecule has 2 aromatic rings. The van der Waals surface area contributed by atoms with Gasteiger partial charge in [-0.15, -0.1) is 0 Å². The summed E-state index contributed by atoms with van der Waals surface area (Å²) in [7, 11) is 0. The molecule has 5 heteroatoms. The van der Waals surface area contributed by atoms with Gasteiger partial charge in [-0.1, -0.05) is 29.8 Å². The molecular weight excluding hydrogens is 306 g/mol. The molecule has 2 rings (SSSR count). The summed E-state index contributed by atoms with van der Waals surface area (Å²) in [5.41, 5.74) is 2.60. The van der Waals surface area contributed by atoms with Gasteiger partial charge in [0.1, 0.15) is 25.5 Å². The second-order valence-corrected chi connectivity index (χ2v) is 5.44. The van der Waals surface area contributed by atoms with Gasteiger partial charge >= 0.3 is 5.97 Å². The van der Waals surface area contributed by atoms with Crippen LogP contribution < -0.4 is 10.1 Å². The second kappa shape index (κ2) is 8.72. The van der Waals surface area contributed by atoms with E-state index in [0.29, 0.717) is 5.56 Å². The molecule has 5 nitrogen and oxygen atoms in total. The van der Waals surface area contributed by atoms with Crippen LogP contribution in [0.3, 0.4) is 0 Å². The van der Waals surface area contributed by atoms with Crippen molar-refractivity contribution in [2.24, 2.45) is 0 Å². The maximum Gasteiger partial charge on any atom is 0.325 e. The summed E-state index contributed by atoms with van der Waals surface area (Å²) < 4.78 is 10.5. The van der Waals surface area contributed by atoms with Gasteiger partial charge in [-0.2, -0.15) is 0 Å². The predicted octanol–water partition coefficient (Wildman–Crippen LogP) is 2.66. The van der Waals surface area contributed by atoms with Crippen LogP contribution >= 0.6 is 0 Å². The van der Waals surface area contributed by atoms with Gasteiger partial charge in [0.2, 0.25) is 0 Å². The zero-order chi connectivity index (χ0) is 17.4. The average Bonchev–Trinajstić information content (AvgIpc) is 2.56. The summed E-state index contributed by atoms with van der Waals surface area (Å²) in [6.07, 6.45) is 0. The highest BCUT2D eigenvalue weighted by Crippen LogP contribution is 2.11. The van der Waals surface area contributed by atoms with Crippen molar-refractivity contribution in [1.29, 1.82) is 0 Å². The number of esters is 1. The summed E-state index contributed by atoms with van der Waals surface area (Å²) in [6, 6.07) is 14.8. The number of aryl methyl sites for hydroxylation is 2. The summed E-state index contributed by atoms with van der Waals surface area (Å²) in [4.78, 5) is 23.5. The molecule has 2 aromatic carbocycles. The van der Waals surface area contributed by atoms with Crippen molar-refractivity contribution < 1.29 is 19.1 Å². The molecule has 0 heterocycles. The number of carbonyl (C=O) groups excluding carboxylic acids is 2. The normalized spacial score (nSPS) is 10.1. The van der Waals surface area contributed by atoms with E-state index < -0.39 is 5.97 Å². The van der Waals surface area contributed by atoms with Crippen LogP contribution in [0.2, 0.25) is 0 Å². The van der Waals surface area contributed by atoms with Gasteiger partial charge in [-0.25, -0.2) is 0 Å². The van der Waals surface area contributed by atoms with Gasteiger partial charge in [0.25, 0.3) is 5.91 Å². The summed E-state index contributed by atoms with van der Waals surface area (Å²) in [5.74, 6) is -0.0608. The molecule has 0 fully saturated rings. The van der Waals surface area contributed by atoms with E-state index in [0.717, 1.165) is 16.9 Å². The van der Waals surface area contributed by atoms with E-state index in [2.05, 4.69) is 5.32 Å². The third-order valence-electron chi connectivity index (χ3n) is 3.28. The molecule has 0 bridgehead atoms. The zero-order valence-corrected chi connectivity index (χ0v) is 13.9. The van der Waals surface area contributed by atoms with Crippen LogP contribution in [0.15, 0.2) is 48.5 Å². The first-order valence-corrected chi connectivity index (χ1v) is 7.74. The maximum atomic E-state index is 11.9. The van der Waals surface area contributed by atoms with E-state index in [4.69, 9.17) is 9.47 Å². The number of carbonyl (C=O) groups is 2. The Morgan fingerprint density at radius 2 is 1.67 bits per heavy atom. The first kappa shape index (κ1) is 17.5. The molecule has 0 aliphatic carbocycles. The number of rotatable bonds is 7. The number of benzene rings is 2. The van der Waals surface area contributed by atoms with Crippen LogP contribution in [0.1, 0.15) is 21.5 Å². The average molecular weight is 327 g/mol. The lowest BCUT2D eigenvalue weighted by atomic mass is 10.1. The SMILES string of the molecule is Cc1cccc(OCCOC(=O)CNC(=O)c2cccc(C)c2)c1. The highest BCUT2D eigenvalue weighted by molar-refractivity contribution is 5.96. The lowest BCUT2D eigenvalue weighted by molar-refractivity contribution is -0.143. The number of amides is 1. The molecule has 0 atom stereocenters. The van der Waals surface area contributed by atoms with Crippen LogP contribution in [0.4, 0.5) is 0 Å². The first-order valence-electron chi connectivity index (χ1n) is 7.74. The third-order valence-corrected chi connectivity index (χ3v) is 3.28. The monoisotopic (exact) mass is 327 g/mol. The van der Waals surface area contributed by atoms with E-state index in [9.17, 15) is 9.59 Å². The molecule has 1 amide bonds. The van der Waals surface area contributed by atoms with Gasteiger partial charge in [-0.05, 0) is 43.7 Å². The molecule has 0 radical (unpaired) electrons. The van der Waals surface area contributed by atoms with Gasteiger partial charge < -0.3 is 14.8 Å². The smallest absolute Gasteiger partial charge is 0.325 e. The van der Waals surface area contributed by atoms with E-state index >= 15 is 0 Å². The molecule has 126 valence electrons. The van der Waals surface area contributed by atoms with Crippen molar-refractivity contribution in [2.45, 2.75) is 13.8 Å². The lowest BCUT2D eigenvalue weighted by Gasteiger charge is -2.09. The van der Waals surface area contributed by atoms with E-state index in [-0.39, 0.29) is 25.7 Å². The standard InChI is InChI=1S/C19H21NO4/c1-14-5-3-7-16(11-14)19(22)20-13-18(21)24-10-9-23-17-8-4-6-15(2)12-17/h3-8,11-12H,9-10,13H2,1-2H3,(H,20,22). The summed E-state index contributed by atoms with van der Waals surface area (Å²) in [5, 5.41) is 2.54. The van der Waals surface area contributed by atoms with Gasteiger partial charge in [0, 0.05) is 5.56 Å². The molecule has 1 N–H and O–H groups in total. The molecule has 0 saturated carbocycles. The minimum Gasteiger partial charge on any atom is -0.490 e. The van der Waals surface area contributed by atoms with E-state index in [1.54, 1.807) is 18.2 Å². The Hall–Kier alpha value is -2.82. The van der Waals surface area contributed by atoms with Crippen molar-refractivity contribution in [3.05, 3.63) is 65.2 Å². The molecule has 0 unspecified atom stereocenters. The predicted molar refractivity (Wildman–Crippen MR) is 91.1 cm³/mol.